The van der Waals surface area contributed by atoms with E-state index in [1.54, 1.807) is 0 Å². The SMILES string of the molecule is CC(C)(S)CNCCNCCCCCN. The van der Waals surface area contributed by atoms with Gasteiger partial charge in [-0.05, 0) is 39.8 Å². The number of thiol groups is 1. The van der Waals surface area contributed by atoms with Crippen LogP contribution in [0.15, 0.2) is 0 Å². The molecule has 0 aliphatic carbocycles. The first-order chi connectivity index (χ1) is 7.06. The number of hydrogen-bond donors (Lipinski definition) is 4. The van der Waals surface area contributed by atoms with Gasteiger partial charge in [0.05, 0.1) is 0 Å². The van der Waals surface area contributed by atoms with Crippen LogP contribution in [0.5, 0.6) is 0 Å². The van der Waals surface area contributed by atoms with E-state index in [-0.39, 0.29) is 4.75 Å². The van der Waals surface area contributed by atoms with Gasteiger partial charge in [-0.2, -0.15) is 12.6 Å². The van der Waals surface area contributed by atoms with E-state index in [0.29, 0.717) is 0 Å². The van der Waals surface area contributed by atoms with Crippen molar-refractivity contribution in [2.24, 2.45) is 5.73 Å². The minimum absolute atomic E-state index is 0.0845. The summed E-state index contributed by atoms with van der Waals surface area (Å²) in [4.78, 5) is 0. The van der Waals surface area contributed by atoms with Crippen molar-refractivity contribution in [3.63, 3.8) is 0 Å². The molecule has 0 aliphatic rings. The molecule has 4 N–H and O–H groups in total. The van der Waals surface area contributed by atoms with Gasteiger partial charge >= 0.3 is 0 Å². The third-order valence-corrected chi connectivity index (χ3v) is 2.25. The van der Waals surface area contributed by atoms with Gasteiger partial charge in [0.2, 0.25) is 0 Å². The first kappa shape index (κ1) is 15.2. The highest BCUT2D eigenvalue weighted by atomic mass is 32.1. The van der Waals surface area contributed by atoms with Gasteiger partial charge in [-0.15, -0.1) is 0 Å². The second-order valence-electron chi connectivity index (χ2n) is 4.59. The lowest BCUT2D eigenvalue weighted by atomic mass is 10.2. The van der Waals surface area contributed by atoms with Crippen molar-refractivity contribution in [1.82, 2.24) is 10.6 Å². The number of hydrogen-bond acceptors (Lipinski definition) is 4. The van der Waals surface area contributed by atoms with Crippen LogP contribution in [0.25, 0.3) is 0 Å². The molecule has 0 fully saturated rings. The molecule has 0 radical (unpaired) electrons. The molecule has 3 nitrogen and oxygen atoms in total. The number of nitrogens with two attached hydrogens (primary N) is 1. The summed E-state index contributed by atoms with van der Waals surface area (Å²) in [6.07, 6.45) is 3.61. The molecule has 0 spiro atoms. The molecule has 0 rings (SSSR count). The van der Waals surface area contributed by atoms with E-state index in [2.05, 4.69) is 37.1 Å². The molecule has 92 valence electrons. The molecule has 0 aromatic heterocycles. The fraction of sp³-hybridized carbons (Fsp3) is 1.00. The van der Waals surface area contributed by atoms with E-state index in [1.165, 1.54) is 12.8 Å². The second-order valence-corrected chi connectivity index (χ2v) is 5.80. The van der Waals surface area contributed by atoms with Crippen LogP contribution in [0.3, 0.4) is 0 Å². The van der Waals surface area contributed by atoms with Crippen molar-refractivity contribution >= 4 is 12.6 Å². The van der Waals surface area contributed by atoms with E-state index in [1.807, 2.05) is 0 Å². The van der Waals surface area contributed by atoms with Crippen LogP contribution < -0.4 is 16.4 Å². The Hall–Kier alpha value is 0.230. The van der Waals surface area contributed by atoms with Crippen LogP contribution in [-0.4, -0.2) is 37.5 Å². The summed E-state index contributed by atoms with van der Waals surface area (Å²) in [5.74, 6) is 0. The predicted octanol–water partition coefficient (Wildman–Crippen LogP) is 1.00. The Morgan fingerprint density at radius 3 is 2.27 bits per heavy atom. The van der Waals surface area contributed by atoms with Crippen LogP contribution in [0, 0.1) is 0 Å². The minimum atomic E-state index is 0.0845. The third kappa shape index (κ3) is 14.2. The van der Waals surface area contributed by atoms with Crippen LogP contribution in [0.1, 0.15) is 33.1 Å². The molecule has 0 amide bonds. The van der Waals surface area contributed by atoms with Gasteiger partial charge in [0, 0.05) is 24.4 Å². The quantitative estimate of drug-likeness (QED) is 0.336. The average molecular weight is 233 g/mol. The van der Waals surface area contributed by atoms with Gasteiger partial charge in [0.1, 0.15) is 0 Å². The Bertz CT molecular complexity index is 134. The van der Waals surface area contributed by atoms with Gasteiger partial charge in [0.25, 0.3) is 0 Å². The number of nitrogens with one attached hydrogen (secondary N) is 2. The standard InChI is InChI=1S/C11H27N3S/c1-11(2,15)10-14-9-8-13-7-5-3-4-6-12/h13-15H,3-10,12H2,1-2H3. The second kappa shape index (κ2) is 9.46. The van der Waals surface area contributed by atoms with Gasteiger partial charge in [-0.3, -0.25) is 0 Å². The van der Waals surface area contributed by atoms with Crippen molar-refractivity contribution in [1.29, 1.82) is 0 Å². The van der Waals surface area contributed by atoms with Crippen molar-refractivity contribution in [3.8, 4) is 0 Å². The van der Waals surface area contributed by atoms with Crippen molar-refractivity contribution in [2.75, 3.05) is 32.7 Å². The Balaban J connectivity index is 2.99. The Kier molecular flexibility index (Phi) is 9.60. The first-order valence-corrected chi connectivity index (χ1v) is 6.35. The maximum Gasteiger partial charge on any atom is 0.0198 e. The Morgan fingerprint density at radius 2 is 1.67 bits per heavy atom. The molecule has 0 atom stereocenters. The molecule has 0 aromatic carbocycles. The van der Waals surface area contributed by atoms with Crippen LogP contribution in [0.2, 0.25) is 0 Å². The Morgan fingerprint density at radius 1 is 1.00 bits per heavy atom. The molecule has 4 heteroatoms. The Labute approximate surface area is 100.0 Å². The zero-order valence-electron chi connectivity index (χ0n) is 10.2. The lowest BCUT2D eigenvalue weighted by Crippen LogP contribution is -2.35. The molecule has 15 heavy (non-hydrogen) atoms. The number of rotatable bonds is 10. The third-order valence-electron chi connectivity index (χ3n) is 2.09. The van der Waals surface area contributed by atoms with E-state index < -0.39 is 0 Å². The van der Waals surface area contributed by atoms with Crippen LogP contribution in [0.4, 0.5) is 0 Å². The van der Waals surface area contributed by atoms with Crippen LogP contribution >= 0.6 is 12.6 Å². The summed E-state index contributed by atoms with van der Waals surface area (Å²) in [6, 6.07) is 0. The maximum atomic E-state index is 5.41. The van der Waals surface area contributed by atoms with Crippen molar-refractivity contribution in [2.45, 2.75) is 37.9 Å². The normalized spacial score (nSPS) is 12.0. The molecule has 0 aliphatic heterocycles. The molecule has 0 heterocycles. The molecule has 0 bridgehead atoms. The lowest BCUT2D eigenvalue weighted by Gasteiger charge is -2.17. The van der Waals surface area contributed by atoms with Gasteiger partial charge < -0.3 is 16.4 Å². The van der Waals surface area contributed by atoms with E-state index in [9.17, 15) is 0 Å². The topological polar surface area (TPSA) is 50.1 Å². The maximum absolute atomic E-state index is 5.41. The zero-order chi connectivity index (χ0) is 11.6. The van der Waals surface area contributed by atoms with Gasteiger partial charge in [-0.1, -0.05) is 6.42 Å². The average Bonchev–Trinajstić information content (AvgIpc) is 2.14. The first-order valence-electron chi connectivity index (χ1n) is 5.90. The molecule has 0 saturated heterocycles. The summed E-state index contributed by atoms with van der Waals surface area (Å²) in [7, 11) is 0. The molecule has 0 aromatic rings. The summed E-state index contributed by atoms with van der Waals surface area (Å²) in [6.45, 7) is 9.15. The highest BCUT2D eigenvalue weighted by Gasteiger charge is 2.09. The minimum Gasteiger partial charge on any atom is -0.330 e. The number of unbranched alkanes of at least 4 members (excludes halogenated alkanes) is 2. The summed E-state index contributed by atoms with van der Waals surface area (Å²) in [5, 5.41) is 6.77. The molecular weight excluding hydrogens is 206 g/mol. The lowest BCUT2D eigenvalue weighted by molar-refractivity contribution is 0.551. The summed E-state index contributed by atoms with van der Waals surface area (Å²) in [5.41, 5.74) is 5.41. The van der Waals surface area contributed by atoms with Gasteiger partial charge in [-0.25, -0.2) is 0 Å². The molecular formula is C11H27N3S. The zero-order valence-corrected chi connectivity index (χ0v) is 11.1. The highest BCUT2D eigenvalue weighted by Crippen LogP contribution is 2.08. The van der Waals surface area contributed by atoms with Crippen LogP contribution in [-0.2, 0) is 0 Å². The van der Waals surface area contributed by atoms with Gasteiger partial charge in [0.15, 0.2) is 0 Å². The monoisotopic (exact) mass is 233 g/mol. The fourth-order valence-electron chi connectivity index (χ4n) is 1.27. The fourth-order valence-corrected chi connectivity index (χ4v) is 1.38. The highest BCUT2D eigenvalue weighted by molar-refractivity contribution is 7.81. The largest absolute Gasteiger partial charge is 0.330 e. The molecule has 0 unspecified atom stereocenters. The molecule has 0 saturated carbocycles. The predicted molar refractivity (Wildman–Crippen MR) is 71.7 cm³/mol. The van der Waals surface area contributed by atoms with E-state index in [4.69, 9.17) is 5.73 Å². The van der Waals surface area contributed by atoms with Crippen molar-refractivity contribution in [3.05, 3.63) is 0 Å². The summed E-state index contributed by atoms with van der Waals surface area (Å²) < 4.78 is 0.0845. The smallest absolute Gasteiger partial charge is 0.0198 e. The van der Waals surface area contributed by atoms with Crippen molar-refractivity contribution < 1.29 is 0 Å². The summed E-state index contributed by atoms with van der Waals surface area (Å²) >= 11 is 4.44. The van der Waals surface area contributed by atoms with E-state index >= 15 is 0 Å². The van der Waals surface area contributed by atoms with E-state index in [0.717, 1.165) is 39.1 Å².